The van der Waals surface area contributed by atoms with Crippen LogP contribution in [-0.2, 0) is 0 Å². The van der Waals surface area contributed by atoms with Crippen LogP contribution in [-0.4, -0.2) is 22.1 Å². The van der Waals surface area contributed by atoms with Gasteiger partial charge in [-0.25, -0.2) is 4.98 Å². The van der Waals surface area contributed by atoms with Gasteiger partial charge in [0, 0.05) is 41.2 Å². The molecule has 1 aromatic carbocycles. The Labute approximate surface area is 143 Å². The summed E-state index contributed by atoms with van der Waals surface area (Å²) in [6.07, 6.45) is 3.60. The average Bonchev–Trinajstić information content (AvgIpc) is 3.05. The predicted molar refractivity (Wildman–Crippen MR) is 98.4 cm³/mol. The summed E-state index contributed by atoms with van der Waals surface area (Å²) in [7, 11) is 1.62. The molecule has 0 unspecified atom stereocenters. The van der Waals surface area contributed by atoms with Gasteiger partial charge in [-0.3, -0.25) is 4.79 Å². The first-order valence-electron chi connectivity index (χ1n) is 7.81. The van der Waals surface area contributed by atoms with Gasteiger partial charge >= 0.3 is 0 Å². The fourth-order valence-electron chi connectivity index (χ4n) is 2.82. The third-order valence-corrected chi connectivity index (χ3v) is 3.96. The normalized spacial score (nSPS) is 10.8. The summed E-state index contributed by atoms with van der Waals surface area (Å²) in [6, 6.07) is 14.8. The van der Waals surface area contributed by atoms with Gasteiger partial charge < -0.3 is 20.0 Å². The number of pyridine rings is 2. The minimum atomic E-state index is -0.180. The van der Waals surface area contributed by atoms with Crippen LogP contribution in [0.4, 0.5) is 11.5 Å². The topological polar surface area (TPSA) is 82.8 Å². The number of aromatic nitrogens is 3. The summed E-state index contributed by atoms with van der Waals surface area (Å²) in [6.45, 7) is 0. The molecule has 4 aromatic rings. The average molecular weight is 332 g/mol. The smallest absolute Gasteiger partial charge is 0.250 e. The van der Waals surface area contributed by atoms with Crippen molar-refractivity contribution in [3.63, 3.8) is 0 Å². The molecule has 0 aliphatic rings. The third kappa shape index (κ3) is 2.97. The Bertz CT molecular complexity index is 1100. The van der Waals surface area contributed by atoms with E-state index in [9.17, 15) is 4.79 Å². The highest BCUT2D eigenvalue weighted by atomic mass is 16.5. The largest absolute Gasteiger partial charge is 0.497 e. The number of nitrogens with one attached hydrogen (secondary N) is 3. The summed E-state index contributed by atoms with van der Waals surface area (Å²) < 4.78 is 5.22. The first-order valence-corrected chi connectivity index (χ1v) is 7.81. The van der Waals surface area contributed by atoms with Crippen LogP contribution in [0, 0.1) is 0 Å². The summed E-state index contributed by atoms with van der Waals surface area (Å²) in [5.74, 6) is 1.35. The quantitative estimate of drug-likeness (QED) is 0.532. The number of fused-ring (bicyclic) bond motifs is 1. The number of benzene rings is 1. The number of nitrogens with zero attached hydrogens (tertiary/aromatic N) is 1. The number of hydrogen-bond donors (Lipinski definition) is 3. The second-order valence-corrected chi connectivity index (χ2v) is 5.61. The molecule has 0 spiro atoms. The standard InChI is InChI=1S/C19H16N4O2/c1-25-14-5-2-4-13(10-14)22-17-8-12(9-18(24)23-17)16-11-21-19-15(16)6-3-7-20-19/h2-11H,1H3,(H,20,21)(H2,22,23,24). The molecule has 3 heterocycles. The van der Waals surface area contributed by atoms with E-state index >= 15 is 0 Å². The predicted octanol–water partition coefficient (Wildman–Crippen LogP) is 3.67. The molecular weight excluding hydrogens is 316 g/mol. The zero-order chi connectivity index (χ0) is 17.2. The van der Waals surface area contributed by atoms with E-state index < -0.39 is 0 Å². The van der Waals surface area contributed by atoms with Gasteiger partial charge in [0.2, 0.25) is 5.56 Å². The molecule has 25 heavy (non-hydrogen) atoms. The van der Waals surface area contributed by atoms with Crippen molar-refractivity contribution in [1.82, 2.24) is 15.0 Å². The van der Waals surface area contributed by atoms with Gasteiger partial charge in [-0.05, 0) is 35.9 Å². The van der Waals surface area contributed by atoms with E-state index in [1.54, 1.807) is 19.4 Å². The Morgan fingerprint density at radius 2 is 2.04 bits per heavy atom. The van der Waals surface area contributed by atoms with E-state index in [1.807, 2.05) is 48.7 Å². The Morgan fingerprint density at radius 3 is 2.92 bits per heavy atom. The second kappa shape index (κ2) is 6.16. The van der Waals surface area contributed by atoms with E-state index in [0.29, 0.717) is 5.82 Å². The zero-order valence-corrected chi connectivity index (χ0v) is 13.5. The molecule has 0 fully saturated rings. The summed E-state index contributed by atoms with van der Waals surface area (Å²) >= 11 is 0. The molecule has 6 heteroatoms. The fraction of sp³-hybridized carbons (Fsp3) is 0.0526. The minimum absolute atomic E-state index is 0.180. The van der Waals surface area contributed by atoms with Crippen LogP contribution in [0.3, 0.4) is 0 Å². The number of ether oxygens (including phenoxy) is 1. The van der Waals surface area contributed by atoms with Gasteiger partial charge in [-0.1, -0.05) is 6.07 Å². The van der Waals surface area contributed by atoms with Gasteiger partial charge in [0.05, 0.1) is 7.11 Å². The molecule has 4 rings (SSSR count). The van der Waals surface area contributed by atoms with Gasteiger partial charge in [0.1, 0.15) is 17.2 Å². The maximum atomic E-state index is 12.1. The molecule has 0 aliphatic heterocycles. The van der Waals surface area contributed by atoms with Crippen LogP contribution in [0.2, 0.25) is 0 Å². The molecule has 3 aromatic heterocycles. The number of rotatable bonds is 4. The van der Waals surface area contributed by atoms with Crippen molar-refractivity contribution in [3.05, 3.63) is 71.3 Å². The molecule has 0 saturated heterocycles. The molecule has 0 bridgehead atoms. The van der Waals surface area contributed by atoms with Crippen molar-refractivity contribution >= 4 is 22.5 Å². The molecule has 0 saturated carbocycles. The second-order valence-electron chi connectivity index (χ2n) is 5.61. The van der Waals surface area contributed by atoms with Crippen molar-refractivity contribution in [3.8, 4) is 16.9 Å². The van der Waals surface area contributed by atoms with Crippen molar-refractivity contribution < 1.29 is 4.74 Å². The number of hydrogen-bond acceptors (Lipinski definition) is 4. The molecule has 0 amide bonds. The van der Waals surface area contributed by atoms with E-state index in [0.717, 1.165) is 33.6 Å². The fourth-order valence-corrected chi connectivity index (χ4v) is 2.82. The molecule has 0 aliphatic carbocycles. The number of H-pyrrole nitrogens is 2. The summed E-state index contributed by atoms with van der Waals surface area (Å²) in [4.78, 5) is 22.3. The van der Waals surface area contributed by atoms with E-state index in [4.69, 9.17) is 4.74 Å². The Morgan fingerprint density at radius 1 is 1.12 bits per heavy atom. The summed E-state index contributed by atoms with van der Waals surface area (Å²) in [5, 5.41) is 4.18. The monoisotopic (exact) mass is 332 g/mol. The Balaban J connectivity index is 1.75. The first kappa shape index (κ1) is 15.0. The first-order chi connectivity index (χ1) is 12.2. The van der Waals surface area contributed by atoms with Crippen LogP contribution in [0.1, 0.15) is 0 Å². The van der Waals surface area contributed by atoms with Crippen molar-refractivity contribution in [2.45, 2.75) is 0 Å². The molecular formula is C19H16N4O2. The SMILES string of the molecule is COc1cccc(Nc2cc(-c3c[nH]c4ncccc34)cc(=O)[nH]2)c1. The lowest BCUT2D eigenvalue weighted by Crippen LogP contribution is -2.07. The van der Waals surface area contributed by atoms with E-state index in [-0.39, 0.29) is 5.56 Å². The Hall–Kier alpha value is -3.54. The van der Waals surface area contributed by atoms with Crippen LogP contribution in [0.15, 0.2) is 65.7 Å². The molecule has 0 radical (unpaired) electrons. The van der Waals surface area contributed by atoms with Gasteiger partial charge in [-0.2, -0.15) is 0 Å². The maximum absolute atomic E-state index is 12.1. The third-order valence-electron chi connectivity index (χ3n) is 3.96. The minimum Gasteiger partial charge on any atom is -0.497 e. The van der Waals surface area contributed by atoms with Crippen LogP contribution >= 0.6 is 0 Å². The molecule has 124 valence electrons. The highest BCUT2D eigenvalue weighted by Crippen LogP contribution is 2.28. The van der Waals surface area contributed by atoms with Crippen molar-refractivity contribution in [1.29, 1.82) is 0 Å². The highest BCUT2D eigenvalue weighted by molar-refractivity contribution is 5.93. The lowest BCUT2D eigenvalue weighted by atomic mass is 10.1. The zero-order valence-electron chi connectivity index (χ0n) is 13.5. The lowest BCUT2D eigenvalue weighted by Gasteiger charge is -2.09. The van der Waals surface area contributed by atoms with Gasteiger partial charge in [0.25, 0.3) is 0 Å². The molecule has 0 atom stereocenters. The van der Waals surface area contributed by atoms with Gasteiger partial charge in [0.15, 0.2) is 0 Å². The van der Waals surface area contributed by atoms with Crippen LogP contribution < -0.4 is 15.6 Å². The lowest BCUT2D eigenvalue weighted by molar-refractivity contribution is 0.415. The maximum Gasteiger partial charge on any atom is 0.250 e. The molecule has 3 N–H and O–H groups in total. The number of anilines is 2. The number of methoxy groups -OCH3 is 1. The van der Waals surface area contributed by atoms with Crippen molar-refractivity contribution in [2.75, 3.05) is 12.4 Å². The van der Waals surface area contributed by atoms with Crippen LogP contribution in [0.25, 0.3) is 22.2 Å². The van der Waals surface area contributed by atoms with Gasteiger partial charge in [-0.15, -0.1) is 0 Å². The van der Waals surface area contributed by atoms with E-state index in [1.165, 1.54) is 0 Å². The van der Waals surface area contributed by atoms with Crippen molar-refractivity contribution in [2.24, 2.45) is 0 Å². The molecule has 6 nitrogen and oxygen atoms in total. The number of aromatic amines is 2. The summed E-state index contributed by atoms with van der Waals surface area (Å²) in [5.41, 5.74) is 3.19. The Kier molecular flexibility index (Phi) is 3.70. The highest BCUT2D eigenvalue weighted by Gasteiger charge is 2.09. The van der Waals surface area contributed by atoms with E-state index in [2.05, 4.69) is 20.3 Å². The van der Waals surface area contributed by atoms with Crippen LogP contribution in [0.5, 0.6) is 5.75 Å².